The fraction of sp³-hybridized carbons (Fsp3) is 0.600. The van der Waals surface area contributed by atoms with Crippen molar-refractivity contribution in [2.75, 3.05) is 13.7 Å². The molecule has 1 aromatic rings. The Morgan fingerprint density at radius 3 is 2.65 bits per heavy atom. The third-order valence-electron chi connectivity index (χ3n) is 3.78. The molecule has 0 aliphatic heterocycles. The fourth-order valence-electron chi connectivity index (χ4n) is 2.41. The molecule has 0 bridgehead atoms. The Balaban J connectivity index is 2.25. The third kappa shape index (κ3) is 2.63. The summed E-state index contributed by atoms with van der Waals surface area (Å²) in [4.78, 5) is 0. The Kier molecular flexibility index (Phi) is 3.72. The SMILES string of the molecule is CCCNC(c1ccccc1OC)C1(C)CC1. The zero-order valence-corrected chi connectivity index (χ0v) is 11.1. The molecule has 1 unspecified atom stereocenters. The lowest BCUT2D eigenvalue weighted by molar-refractivity contribution is 0.343. The van der Waals surface area contributed by atoms with Crippen molar-refractivity contribution in [3.63, 3.8) is 0 Å². The maximum absolute atomic E-state index is 5.49. The lowest BCUT2D eigenvalue weighted by atomic mass is 9.91. The van der Waals surface area contributed by atoms with Gasteiger partial charge in [-0.05, 0) is 37.3 Å². The molecule has 0 spiro atoms. The van der Waals surface area contributed by atoms with Crippen molar-refractivity contribution in [1.29, 1.82) is 0 Å². The van der Waals surface area contributed by atoms with Gasteiger partial charge >= 0.3 is 0 Å². The molecule has 2 nitrogen and oxygen atoms in total. The van der Waals surface area contributed by atoms with Crippen LogP contribution in [0.25, 0.3) is 0 Å². The predicted molar refractivity (Wildman–Crippen MR) is 71.4 cm³/mol. The summed E-state index contributed by atoms with van der Waals surface area (Å²) in [5.74, 6) is 1.01. The molecule has 1 atom stereocenters. The van der Waals surface area contributed by atoms with Crippen LogP contribution < -0.4 is 10.1 Å². The van der Waals surface area contributed by atoms with Crippen molar-refractivity contribution in [2.24, 2.45) is 5.41 Å². The summed E-state index contributed by atoms with van der Waals surface area (Å²) in [5, 5.41) is 3.68. The molecule has 1 aliphatic carbocycles. The predicted octanol–water partition coefficient (Wildman–Crippen LogP) is 3.54. The van der Waals surface area contributed by atoms with Crippen LogP contribution in [0.3, 0.4) is 0 Å². The van der Waals surface area contributed by atoms with Crippen molar-refractivity contribution in [2.45, 2.75) is 39.2 Å². The van der Waals surface area contributed by atoms with Gasteiger partial charge in [-0.25, -0.2) is 0 Å². The van der Waals surface area contributed by atoms with E-state index in [-0.39, 0.29) is 0 Å². The Bertz CT molecular complexity index is 371. The number of methoxy groups -OCH3 is 1. The highest BCUT2D eigenvalue weighted by atomic mass is 16.5. The highest BCUT2D eigenvalue weighted by Gasteiger charge is 2.45. The Labute approximate surface area is 104 Å². The van der Waals surface area contributed by atoms with Gasteiger partial charge in [-0.1, -0.05) is 32.0 Å². The molecule has 1 fully saturated rings. The van der Waals surface area contributed by atoms with E-state index in [1.54, 1.807) is 7.11 Å². The molecule has 0 heterocycles. The van der Waals surface area contributed by atoms with Crippen molar-refractivity contribution in [1.82, 2.24) is 5.32 Å². The van der Waals surface area contributed by atoms with Gasteiger partial charge in [0, 0.05) is 11.6 Å². The summed E-state index contributed by atoms with van der Waals surface area (Å²) >= 11 is 0. The summed E-state index contributed by atoms with van der Waals surface area (Å²) in [6.07, 6.45) is 3.79. The second kappa shape index (κ2) is 5.09. The van der Waals surface area contributed by atoms with E-state index >= 15 is 0 Å². The highest BCUT2D eigenvalue weighted by molar-refractivity contribution is 5.38. The zero-order chi connectivity index (χ0) is 12.3. The quantitative estimate of drug-likeness (QED) is 0.811. The van der Waals surface area contributed by atoms with Gasteiger partial charge in [0.15, 0.2) is 0 Å². The minimum atomic E-state index is 0.420. The van der Waals surface area contributed by atoms with Gasteiger partial charge in [0.25, 0.3) is 0 Å². The molecule has 0 radical (unpaired) electrons. The largest absolute Gasteiger partial charge is 0.496 e. The molecule has 1 aliphatic rings. The molecule has 17 heavy (non-hydrogen) atoms. The Morgan fingerprint density at radius 1 is 1.35 bits per heavy atom. The van der Waals surface area contributed by atoms with Gasteiger partial charge in [0.2, 0.25) is 0 Å². The van der Waals surface area contributed by atoms with E-state index in [0.717, 1.165) is 12.3 Å². The summed E-state index contributed by atoms with van der Waals surface area (Å²) in [7, 11) is 1.75. The van der Waals surface area contributed by atoms with Crippen molar-refractivity contribution < 1.29 is 4.74 Å². The zero-order valence-electron chi connectivity index (χ0n) is 11.1. The van der Waals surface area contributed by atoms with Crippen LogP contribution >= 0.6 is 0 Å². The van der Waals surface area contributed by atoms with Gasteiger partial charge < -0.3 is 10.1 Å². The molecule has 1 N–H and O–H groups in total. The van der Waals surface area contributed by atoms with E-state index in [2.05, 4.69) is 37.4 Å². The van der Waals surface area contributed by atoms with E-state index < -0.39 is 0 Å². The van der Waals surface area contributed by atoms with E-state index in [0.29, 0.717) is 11.5 Å². The average Bonchev–Trinajstić information content (AvgIpc) is 3.09. The summed E-state index contributed by atoms with van der Waals surface area (Å²) in [5.41, 5.74) is 1.73. The number of rotatable bonds is 6. The first-order chi connectivity index (χ1) is 8.21. The van der Waals surface area contributed by atoms with E-state index in [1.807, 2.05) is 6.07 Å². The molecular weight excluding hydrogens is 210 g/mol. The smallest absolute Gasteiger partial charge is 0.123 e. The second-order valence-electron chi connectivity index (χ2n) is 5.28. The Hall–Kier alpha value is -1.02. The highest BCUT2D eigenvalue weighted by Crippen LogP contribution is 2.55. The normalized spacial score (nSPS) is 18.8. The summed E-state index contributed by atoms with van der Waals surface area (Å²) in [6.45, 7) is 5.65. The molecular formula is C15H23NO. The molecule has 0 aromatic heterocycles. The van der Waals surface area contributed by atoms with E-state index in [9.17, 15) is 0 Å². The maximum atomic E-state index is 5.49. The van der Waals surface area contributed by atoms with Gasteiger partial charge in [0.05, 0.1) is 7.11 Å². The van der Waals surface area contributed by atoms with Crippen molar-refractivity contribution >= 4 is 0 Å². The first-order valence-electron chi connectivity index (χ1n) is 6.57. The standard InChI is InChI=1S/C15H23NO/c1-4-11-16-14(15(2)9-10-15)12-7-5-6-8-13(12)17-3/h5-8,14,16H,4,9-11H2,1-3H3. The molecule has 94 valence electrons. The van der Waals surface area contributed by atoms with Gasteiger partial charge in [-0.15, -0.1) is 0 Å². The monoisotopic (exact) mass is 233 g/mol. The Morgan fingerprint density at radius 2 is 2.06 bits per heavy atom. The minimum Gasteiger partial charge on any atom is -0.496 e. The van der Waals surface area contributed by atoms with Crippen LogP contribution in [-0.4, -0.2) is 13.7 Å². The van der Waals surface area contributed by atoms with E-state index in [4.69, 9.17) is 4.74 Å². The van der Waals surface area contributed by atoms with Crippen LogP contribution in [-0.2, 0) is 0 Å². The first kappa shape index (κ1) is 12.4. The lowest BCUT2D eigenvalue weighted by Crippen LogP contribution is -2.29. The van der Waals surface area contributed by atoms with Crippen LogP contribution in [0.2, 0.25) is 0 Å². The number of para-hydroxylation sites is 1. The molecule has 1 saturated carbocycles. The number of nitrogens with one attached hydrogen (secondary N) is 1. The maximum Gasteiger partial charge on any atom is 0.123 e. The van der Waals surface area contributed by atoms with Crippen LogP contribution in [0, 0.1) is 5.41 Å². The van der Waals surface area contributed by atoms with Gasteiger partial charge in [-0.2, -0.15) is 0 Å². The number of hydrogen-bond acceptors (Lipinski definition) is 2. The number of ether oxygens (including phenoxy) is 1. The van der Waals surface area contributed by atoms with E-state index in [1.165, 1.54) is 24.8 Å². The molecule has 2 rings (SSSR count). The van der Waals surface area contributed by atoms with Gasteiger partial charge in [0.1, 0.15) is 5.75 Å². The summed E-state index contributed by atoms with van der Waals surface area (Å²) in [6, 6.07) is 8.81. The molecule has 0 amide bonds. The van der Waals surface area contributed by atoms with Crippen LogP contribution in [0.1, 0.15) is 44.7 Å². The molecule has 1 aromatic carbocycles. The van der Waals surface area contributed by atoms with Gasteiger partial charge in [-0.3, -0.25) is 0 Å². The minimum absolute atomic E-state index is 0.420. The third-order valence-corrected chi connectivity index (χ3v) is 3.78. The number of hydrogen-bond donors (Lipinski definition) is 1. The fourth-order valence-corrected chi connectivity index (χ4v) is 2.41. The summed E-state index contributed by atoms with van der Waals surface area (Å²) < 4.78 is 5.49. The lowest BCUT2D eigenvalue weighted by Gasteiger charge is -2.27. The molecule has 2 heteroatoms. The van der Waals surface area contributed by atoms with Crippen molar-refractivity contribution in [3.05, 3.63) is 29.8 Å². The number of benzene rings is 1. The average molecular weight is 233 g/mol. The second-order valence-corrected chi connectivity index (χ2v) is 5.28. The van der Waals surface area contributed by atoms with Crippen LogP contribution in [0.5, 0.6) is 5.75 Å². The topological polar surface area (TPSA) is 21.3 Å². The van der Waals surface area contributed by atoms with Crippen molar-refractivity contribution in [3.8, 4) is 5.75 Å². The molecule has 0 saturated heterocycles. The van der Waals surface area contributed by atoms with Crippen LogP contribution in [0.15, 0.2) is 24.3 Å². The first-order valence-corrected chi connectivity index (χ1v) is 6.57. The van der Waals surface area contributed by atoms with Crippen LogP contribution in [0.4, 0.5) is 0 Å².